The first-order valence-corrected chi connectivity index (χ1v) is 7.34. The van der Waals surface area contributed by atoms with Crippen molar-refractivity contribution >= 4 is 23.9 Å². The van der Waals surface area contributed by atoms with Crippen LogP contribution in [0.4, 0.5) is 0 Å². The highest BCUT2D eigenvalue weighted by atomic mass is 16.6. The molecule has 0 heterocycles. The minimum absolute atomic E-state index is 0.0645. The van der Waals surface area contributed by atoms with Gasteiger partial charge in [0.05, 0.1) is 18.4 Å². The summed E-state index contributed by atoms with van der Waals surface area (Å²) in [6.45, 7) is 4.65. The van der Waals surface area contributed by atoms with Gasteiger partial charge in [-0.3, -0.25) is 9.59 Å². The summed E-state index contributed by atoms with van der Waals surface area (Å²) in [7, 11) is 0. The van der Waals surface area contributed by atoms with Gasteiger partial charge in [-0.25, -0.2) is 9.59 Å². The molecule has 0 aliphatic rings. The topological polar surface area (TPSA) is 116 Å². The van der Waals surface area contributed by atoms with Gasteiger partial charge in [0, 0.05) is 6.08 Å². The number of rotatable bonds is 9. The SMILES string of the molecule is C=CC(=O)OC(C)COC(=O)CCC(=O)Oc1ccc(C(=O)O)cc1. The van der Waals surface area contributed by atoms with Gasteiger partial charge in [0.25, 0.3) is 0 Å². The van der Waals surface area contributed by atoms with Crippen LogP contribution in [-0.4, -0.2) is 41.7 Å². The number of aromatic carboxylic acids is 1. The zero-order chi connectivity index (χ0) is 18.8. The van der Waals surface area contributed by atoms with Gasteiger partial charge in [-0.2, -0.15) is 0 Å². The quantitative estimate of drug-likeness (QED) is 0.407. The molecule has 0 bridgehead atoms. The third-order valence-corrected chi connectivity index (χ3v) is 2.83. The van der Waals surface area contributed by atoms with Crippen LogP contribution in [0.1, 0.15) is 30.1 Å². The number of carbonyl (C=O) groups is 4. The third-order valence-electron chi connectivity index (χ3n) is 2.83. The summed E-state index contributed by atoms with van der Waals surface area (Å²) >= 11 is 0. The number of carboxylic acids is 1. The highest BCUT2D eigenvalue weighted by Crippen LogP contribution is 2.13. The first-order valence-electron chi connectivity index (χ1n) is 7.34. The molecule has 1 rings (SSSR count). The molecule has 0 aliphatic carbocycles. The molecule has 1 atom stereocenters. The van der Waals surface area contributed by atoms with Crippen LogP contribution in [0, 0.1) is 0 Å². The van der Waals surface area contributed by atoms with Crippen LogP contribution in [0.2, 0.25) is 0 Å². The van der Waals surface area contributed by atoms with Crippen molar-refractivity contribution in [2.24, 2.45) is 0 Å². The molecule has 0 saturated heterocycles. The molecular formula is C17H18O8. The van der Waals surface area contributed by atoms with Gasteiger partial charge in [0.1, 0.15) is 18.5 Å². The number of carboxylic acid groups (broad SMARTS) is 1. The standard InChI is InChI=1S/C17H18O8/c1-3-14(18)24-11(2)10-23-15(19)8-9-16(20)25-13-6-4-12(5-7-13)17(21)22/h3-7,11H,1,8-10H2,2H3,(H,21,22). The molecule has 0 spiro atoms. The van der Waals surface area contributed by atoms with Gasteiger partial charge in [-0.15, -0.1) is 0 Å². The van der Waals surface area contributed by atoms with Crippen LogP contribution < -0.4 is 4.74 Å². The normalized spacial score (nSPS) is 11.1. The second-order valence-corrected chi connectivity index (χ2v) is 4.94. The smallest absolute Gasteiger partial charge is 0.335 e. The number of esters is 3. The summed E-state index contributed by atoms with van der Waals surface area (Å²) in [5.74, 6) is -2.84. The fourth-order valence-electron chi connectivity index (χ4n) is 1.62. The third kappa shape index (κ3) is 7.78. The van der Waals surface area contributed by atoms with Gasteiger partial charge in [0.15, 0.2) is 0 Å². The first-order chi connectivity index (χ1) is 11.8. The molecule has 0 saturated carbocycles. The van der Waals surface area contributed by atoms with Crippen LogP contribution in [0.15, 0.2) is 36.9 Å². The van der Waals surface area contributed by atoms with Crippen LogP contribution in [-0.2, 0) is 23.9 Å². The summed E-state index contributed by atoms with van der Waals surface area (Å²) in [5.41, 5.74) is 0.0645. The fourth-order valence-corrected chi connectivity index (χ4v) is 1.62. The Morgan fingerprint density at radius 1 is 1.12 bits per heavy atom. The Morgan fingerprint density at radius 2 is 1.72 bits per heavy atom. The minimum atomic E-state index is -1.09. The van der Waals surface area contributed by atoms with Crippen LogP contribution in [0.5, 0.6) is 5.75 Å². The van der Waals surface area contributed by atoms with Gasteiger partial charge in [0.2, 0.25) is 0 Å². The first kappa shape index (κ1) is 19.9. The highest BCUT2D eigenvalue weighted by molar-refractivity contribution is 5.87. The van der Waals surface area contributed by atoms with Crippen molar-refractivity contribution in [1.29, 1.82) is 0 Å². The maximum atomic E-state index is 11.6. The second-order valence-electron chi connectivity index (χ2n) is 4.94. The number of carbonyl (C=O) groups excluding carboxylic acids is 3. The van der Waals surface area contributed by atoms with Gasteiger partial charge >= 0.3 is 23.9 Å². The summed E-state index contributed by atoms with van der Waals surface area (Å²) in [5, 5.41) is 8.76. The van der Waals surface area contributed by atoms with Crippen molar-refractivity contribution in [3.05, 3.63) is 42.5 Å². The summed E-state index contributed by atoms with van der Waals surface area (Å²) in [6.07, 6.45) is -0.0413. The Kier molecular flexibility index (Phi) is 7.85. The molecule has 0 aliphatic heterocycles. The molecule has 0 radical (unpaired) electrons. The van der Waals surface area contributed by atoms with Gasteiger partial charge in [-0.1, -0.05) is 6.58 Å². The molecule has 8 heteroatoms. The molecule has 25 heavy (non-hydrogen) atoms. The number of benzene rings is 1. The van der Waals surface area contributed by atoms with E-state index in [2.05, 4.69) is 6.58 Å². The molecule has 8 nitrogen and oxygen atoms in total. The molecular weight excluding hydrogens is 332 g/mol. The molecule has 0 fully saturated rings. The predicted octanol–water partition coefficient (Wildman–Crippen LogP) is 1.73. The monoisotopic (exact) mass is 350 g/mol. The lowest BCUT2D eigenvalue weighted by atomic mass is 10.2. The highest BCUT2D eigenvalue weighted by Gasteiger charge is 2.13. The maximum absolute atomic E-state index is 11.6. The number of ether oxygens (including phenoxy) is 3. The van der Waals surface area contributed by atoms with E-state index in [0.717, 1.165) is 6.08 Å². The van der Waals surface area contributed by atoms with E-state index in [-0.39, 0.29) is 30.8 Å². The molecule has 1 N–H and O–H groups in total. The maximum Gasteiger partial charge on any atom is 0.335 e. The second kappa shape index (κ2) is 9.86. The summed E-state index contributed by atoms with van der Waals surface area (Å²) < 4.78 is 14.7. The summed E-state index contributed by atoms with van der Waals surface area (Å²) in [4.78, 5) is 44.8. The lowest BCUT2D eigenvalue weighted by molar-refractivity contribution is -0.155. The number of hydrogen-bond acceptors (Lipinski definition) is 7. The molecule has 1 aromatic rings. The van der Waals surface area contributed by atoms with E-state index in [9.17, 15) is 19.2 Å². The average molecular weight is 350 g/mol. The molecule has 0 aromatic heterocycles. The Balaban J connectivity index is 2.31. The summed E-state index contributed by atoms with van der Waals surface area (Å²) in [6, 6.07) is 5.28. The molecule has 1 unspecified atom stereocenters. The average Bonchev–Trinajstić information content (AvgIpc) is 2.58. The Bertz CT molecular complexity index is 647. The Morgan fingerprint density at radius 3 is 2.28 bits per heavy atom. The predicted molar refractivity (Wildman–Crippen MR) is 85.0 cm³/mol. The van der Waals surface area contributed by atoms with Crippen molar-refractivity contribution in [1.82, 2.24) is 0 Å². The van der Waals surface area contributed by atoms with E-state index < -0.39 is 30.0 Å². The van der Waals surface area contributed by atoms with Crippen LogP contribution >= 0.6 is 0 Å². The van der Waals surface area contributed by atoms with E-state index in [1.165, 1.54) is 24.3 Å². The van der Waals surface area contributed by atoms with Crippen molar-refractivity contribution in [3.8, 4) is 5.75 Å². The van der Waals surface area contributed by atoms with E-state index in [0.29, 0.717) is 0 Å². The lowest BCUT2D eigenvalue weighted by Crippen LogP contribution is -2.22. The molecule has 134 valence electrons. The molecule has 0 amide bonds. The molecule has 1 aromatic carbocycles. The fraction of sp³-hybridized carbons (Fsp3) is 0.294. The minimum Gasteiger partial charge on any atom is -0.478 e. The van der Waals surface area contributed by atoms with Gasteiger partial charge < -0.3 is 19.3 Å². The van der Waals surface area contributed by atoms with E-state index in [4.69, 9.17) is 19.3 Å². The van der Waals surface area contributed by atoms with Crippen molar-refractivity contribution in [2.45, 2.75) is 25.9 Å². The van der Waals surface area contributed by atoms with Crippen LogP contribution in [0.3, 0.4) is 0 Å². The number of hydrogen-bond donors (Lipinski definition) is 1. The van der Waals surface area contributed by atoms with Crippen molar-refractivity contribution in [3.63, 3.8) is 0 Å². The zero-order valence-corrected chi connectivity index (χ0v) is 13.6. The lowest BCUT2D eigenvalue weighted by Gasteiger charge is -2.12. The Labute approximate surface area is 144 Å². The van der Waals surface area contributed by atoms with Crippen molar-refractivity contribution in [2.75, 3.05) is 6.61 Å². The van der Waals surface area contributed by atoms with E-state index in [1.807, 2.05) is 0 Å². The van der Waals surface area contributed by atoms with E-state index >= 15 is 0 Å². The Hall–Kier alpha value is -3.16. The van der Waals surface area contributed by atoms with E-state index in [1.54, 1.807) is 6.92 Å². The zero-order valence-electron chi connectivity index (χ0n) is 13.6. The van der Waals surface area contributed by atoms with Crippen molar-refractivity contribution < 1.29 is 38.5 Å². The van der Waals surface area contributed by atoms with Crippen LogP contribution in [0.25, 0.3) is 0 Å². The van der Waals surface area contributed by atoms with Gasteiger partial charge in [-0.05, 0) is 31.2 Å². The largest absolute Gasteiger partial charge is 0.478 e.